The molecule has 0 saturated carbocycles. The van der Waals surface area contributed by atoms with E-state index in [1.54, 1.807) is 36.1 Å². The van der Waals surface area contributed by atoms with Crippen molar-refractivity contribution in [3.05, 3.63) is 89.1 Å². The van der Waals surface area contributed by atoms with E-state index in [1.165, 1.54) is 0 Å². The summed E-state index contributed by atoms with van der Waals surface area (Å²) in [5, 5.41) is 7.06. The van der Waals surface area contributed by atoms with Crippen molar-refractivity contribution in [3.8, 4) is 11.6 Å². The van der Waals surface area contributed by atoms with Crippen LogP contribution < -0.4 is 4.74 Å². The first kappa shape index (κ1) is 18.2. The van der Waals surface area contributed by atoms with Gasteiger partial charge in [-0.25, -0.2) is 9.48 Å². The molecule has 0 N–H and O–H groups in total. The molecule has 0 saturated heterocycles. The average molecular weight is 393 g/mol. The fourth-order valence-electron chi connectivity index (χ4n) is 2.96. The Hall–Kier alpha value is -3.15. The minimum atomic E-state index is -0.460. The van der Waals surface area contributed by atoms with Gasteiger partial charge in [0.25, 0.3) is 0 Å². The fourth-order valence-corrected chi connectivity index (χ4v) is 3.15. The van der Waals surface area contributed by atoms with Crippen LogP contribution in [0, 0.1) is 0 Å². The smallest absolute Gasteiger partial charge is 0.344 e. The van der Waals surface area contributed by atoms with E-state index in [9.17, 15) is 4.79 Å². The standard InChI is InChI=1S/C22H17ClN2O3/c1-27-14-19-13-21(25(24-19)20-8-4-7-18(23)12-20)28-22(26)17-10-9-15-5-2-3-6-16(15)11-17/h2-13H,14H2,1H3. The van der Waals surface area contributed by atoms with Crippen LogP contribution in [0.2, 0.25) is 5.02 Å². The monoisotopic (exact) mass is 392 g/mol. The highest BCUT2D eigenvalue weighted by Gasteiger charge is 2.16. The molecular weight excluding hydrogens is 376 g/mol. The van der Waals surface area contributed by atoms with Crippen molar-refractivity contribution in [2.75, 3.05) is 7.11 Å². The quantitative estimate of drug-likeness (QED) is 0.446. The Morgan fingerprint density at radius 1 is 1.00 bits per heavy atom. The molecule has 0 spiro atoms. The zero-order chi connectivity index (χ0) is 19.5. The Morgan fingerprint density at radius 2 is 1.82 bits per heavy atom. The molecule has 0 atom stereocenters. The van der Waals surface area contributed by atoms with Crippen LogP contribution in [0.5, 0.6) is 5.88 Å². The number of hydrogen-bond donors (Lipinski definition) is 0. The van der Waals surface area contributed by atoms with E-state index in [1.807, 2.05) is 48.5 Å². The van der Waals surface area contributed by atoms with Gasteiger partial charge in [0.2, 0.25) is 5.88 Å². The first-order valence-electron chi connectivity index (χ1n) is 8.69. The van der Waals surface area contributed by atoms with Gasteiger partial charge in [-0.3, -0.25) is 0 Å². The molecule has 0 unspecified atom stereocenters. The molecule has 0 aliphatic heterocycles. The topological polar surface area (TPSA) is 53.4 Å². The third kappa shape index (κ3) is 3.76. The van der Waals surface area contributed by atoms with Crippen LogP contribution in [0.3, 0.4) is 0 Å². The van der Waals surface area contributed by atoms with Crippen molar-refractivity contribution in [3.63, 3.8) is 0 Å². The molecule has 0 aliphatic carbocycles. The highest BCUT2D eigenvalue weighted by molar-refractivity contribution is 6.30. The van der Waals surface area contributed by atoms with E-state index in [-0.39, 0.29) is 0 Å². The van der Waals surface area contributed by atoms with E-state index in [0.717, 1.165) is 10.8 Å². The van der Waals surface area contributed by atoms with Gasteiger partial charge in [-0.2, -0.15) is 5.10 Å². The number of fused-ring (bicyclic) bond motifs is 1. The number of carbonyl (C=O) groups is 1. The van der Waals surface area contributed by atoms with Gasteiger partial charge in [0.15, 0.2) is 0 Å². The van der Waals surface area contributed by atoms with Gasteiger partial charge in [0.05, 0.1) is 23.6 Å². The summed E-state index contributed by atoms with van der Waals surface area (Å²) in [5.74, 6) is -0.162. The van der Waals surface area contributed by atoms with Gasteiger partial charge in [-0.1, -0.05) is 48.0 Å². The van der Waals surface area contributed by atoms with Crippen molar-refractivity contribution < 1.29 is 14.3 Å². The number of benzene rings is 3. The van der Waals surface area contributed by atoms with E-state index in [2.05, 4.69) is 5.10 Å². The van der Waals surface area contributed by atoms with Crippen LogP contribution in [0.1, 0.15) is 16.1 Å². The third-order valence-electron chi connectivity index (χ3n) is 4.25. The van der Waals surface area contributed by atoms with Crippen molar-refractivity contribution in [2.24, 2.45) is 0 Å². The van der Waals surface area contributed by atoms with Crippen LogP contribution >= 0.6 is 11.6 Å². The minimum Gasteiger partial charge on any atom is -0.404 e. The third-order valence-corrected chi connectivity index (χ3v) is 4.49. The number of methoxy groups -OCH3 is 1. The van der Waals surface area contributed by atoms with E-state index >= 15 is 0 Å². The number of aromatic nitrogens is 2. The van der Waals surface area contributed by atoms with Crippen LogP contribution in [0.25, 0.3) is 16.5 Å². The first-order valence-corrected chi connectivity index (χ1v) is 9.06. The molecule has 0 bridgehead atoms. The summed E-state index contributed by atoms with van der Waals surface area (Å²) in [6, 6.07) is 22.2. The first-order chi connectivity index (χ1) is 13.6. The minimum absolute atomic E-state index is 0.299. The Balaban J connectivity index is 1.68. The lowest BCUT2D eigenvalue weighted by Crippen LogP contribution is -2.11. The molecule has 1 aromatic heterocycles. The zero-order valence-electron chi connectivity index (χ0n) is 15.1. The van der Waals surface area contributed by atoms with Gasteiger partial charge in [-0.15, -0.1) is 0 Å². The molecular formula is C22H17ClN2O3. The van der Waals surface area contributed by atoms with Crippen LogP contribution in [-0.2, 0) is 11.3 Å². The highest BCUT2D eigenvalue weighted by Crippen LogP contribution is 2.24. The van der Waals surface area contributed by atoms with Crippen LogP contribution in [-0.4, -0.2) is 22.9 Å². The molecule has 5 nitrogen and oxygen atoms in total. The van der Waals surface area contributed by atoms with Crippen molar-refractivity contribution in [1.29, 1.82) is 0 Å². The average Bonchev–Trinajstić information content (AvgIpc) is 3.10. The van der Waals surface area contributed by atoms with Crippen molar-refractivity contribution in [1.82, 2.24) is 9.78 Å². The number of rotatable bonds is 5. The highest BCUT2D eigenvalue weighted by atomic mass is 35.5. The van der Waals surface area contributed by atoms with Gasteiger partial charge >= 0.3 is 5.97 Å². The normalized spacial score (nSPS) is 10.9. The molecule has 0 fully saturated rings. The second-order valence-corrected chi connectivity index (χ2v) is 6.69. The Labute approximate surface area is 167 Å². The summed E-state index contributed by atoms with van der Waals surface area (Å²) in [6.45, 7) is 0.300. The lowest BCUT2D eigenvalue weighted by atomic mass is 10.1. The summed E-state index contributed by atoms with van der Waals surface area (Å²) in [5.41, 5.74) is 1.80. The lowest BCUT2D eigenvalue weighted by molar-refractivity contribution is 0.0723. The predicted molar refractivity (Wildman–Crippen MR) is 108 cm³/mol. The molecule has 0 amide bonds. The van der Waals surface area contributed by atoms with Gasteiger partial charge in [0, 0.05) is 18.2 Å². The summed E-state index contributed by atoms with van der Waals surface area (Å²) in [6.07, 6.45) is 0. The van der Waals surface area contributed by atoms with E-state index in [4.69, 9.17) is 21.1 Å². The number of carbonyl (C=O) groups excluding carboxylic acids is 1. The van der Waals surface area contributed by atoms with Gasteiger partial charge < -0.3 is 9.47 Å². The molecule has 4 aromatic rings. The molecule has 140 valence electrons. The second-order valence-electron chi connectivity index (χ2n) is 6.25. The summed E-state index contributed by atoms with van der Waals surface area (Å²) < 4.78 is 12.4. The molecule has 0 radical (unpaired) electrons. The maximum atomic E-state index is 12.8. The lowest BCUT2D eigenvalue weighted by Gasteiger charge is -2.09. The second kappa shape index (κ2) is 7.84. The SMILES string of the molecule is COCc1cc(OC(=O)c2ccc3ccccc3c2)n(-c2cccc(Cl)c2)n1. The number of halogens is 1. The van der Waals surface area contributed by atoms with E-state index in [0.29, 0.717) is 34.5 Å². The molecule has 3 aromatic carbocycles. The van der Waals surface area contributed by atoms with Gasteiger partial charge in [-0.05, 0) is 41.1 Å². The summed E-state index contributed by atoms with van der Waals surface area (Å²) in [4.78, 5) is 12.8. The number of nitrogens with zero attached hydrogens (tertiary/aromatic N) is 2. The number of ether oxygens (including phenoxy) is 2. The predicted octanol–water partition coefficient (Wildman–Crippen LogP) is 5.04. The molecule has 1 heterocycles. The fraction of sp³-hybridized carbons (Fsp3) is 0.0909. The molecule has 28 heavy (non-hydrogen) atoms. The molecule has 6 heteroatoms. The summed E-state index contributed by atoms with van der Waals surface area (Å²) >= 11 is 6.10. The number of esters is 1. The largest absolute Gasteiger partial charge is 0.404 e. The molecule has 4 rings (SSSR count). The van der Waals surface area contributed by atoms with Crippen molar-refractivity contribution >= 4 is 28.3 Å². The maximum Gasteiger partial charge on any atom is 0.344 e. The number of hydrogen-bond acceptors (Lipinski definition) is 4. The maximum absolute atomic E-state index is 12.8. The van der Waals surface area contributed by atoms with Crippen LogP contribution in [0.4, 0.5) is 0 Å². The Kier molecular flexibility index (Phi) is 5.10. The summed E-state index contributed by atoms with van der Waals surface area (Å²) in [7, 11) is 1.58. The Bertz CT molecular complexity index is 1150. The zero-order valence-corrected chi connectivity index (χ0v) is 15.9. The van der Waals surface area contributed by atoms with Crippen LogP contribution in [0.15, 0.2) is 72.8 Å². The van der Waals surface area contributed by atoms with Gasteiger partial charge in [0.1, 0.15) is 0 Å². The Morgan fingerprint density at radius 3 is 2.61 bits per heavy atom. The van der Waals surface area contributed by atoms with Crippen molar-refractivity contribution in [2.45, 2.75) is 6.61 Å². The molecule has 0 aliphatic rings. The van der Waals surface area contributed by atoms with E-state index < -0.39 is 5.97 Å².